The minimum atomic E-state index is 0.492. The number of aryl methyl sites for hydroxylation is 1. The van der Waals surface area contributed by atoms with Crippen LogP contribution in [0.5, 0.6) is 0 Å². The monoisotopic (exact) mass is 243 g/mol. The van der Waals surface area contributed by atoms with Gasteiger partial charge in [-0.25, -0.2) is 0 Å². The molecule has 0 aliphatic heterocycles. The van der Waals surface area contributed by atoms with E-state index >= 15 is 0 Å². The van der Waals surface area contributed by atoms with Gasteiger partial charge in [-0.05, 0) is 31.2 Å². The maximum Gasteiger partial charge on any atom is 0.166 e. The van der Waals surface area contributed by atoms with Crippen molar-refractivity contribution in [3.8, 4) is 0 Å². The fourth-order valence-electron chi connectivity index (χ4n) is 2.36. The van der Waals surface area contributed by atoms with Crippen molar-refractivity contribution in [2.24, 2.45) is 0 Å². The number of rotatable bonds is 3. The van der Waals surface area contributed by atoms with Crippen LogP contribution in [0.2, 0.25) is 0 Å². The maximum atomic E-state index is 6.06. The van der Waals surface area contributed by atoms with Crippen LogP contribution in [0.4, 0.5) is 5.82 Å². The molecular weight excluding hydrogens is 226 g/mol. The average Bonchev–Trinajstić information content (AvgIpc) is 2.75. The first-order chi connectivity index (χ1) is 8.84. The van der Waals surface area contributed by atoms with Gasteiger partial charge >= 0.3 is 0 Å². The molecule has 0 radical (unpaired) electrons. The Morgan fingerprint density at radius 3 is 2.72 bits per heavy atom. The van der Waals surface area contributed by atoms with Crippen molar-refractivity contribution >= 4 is 5.82 Å². The Morgan fingerprint density at radius 1 is 1.17 bits per heavy atom. The second-order valence-corrected chi connectivity index (χ2v) is 4.65. The Hall–Kier alpha value is -1.97. The van der Waals surface area contributed by atoms with Crippen LogP contribution in [0.1, 0.15) is 29.7 Å². The molecule has 1 aromatic carbocycles. The lowest BCUT2D eigenvalue weighted by Gasteiger charge is -2.08. The third-order valence-electron chi connectivity index (χ3n) is 3.36. The standard InChI is InChI=1S/C14H17N3O/c15-14-12-8-4-5-9-13(12)16-17(14)18-10-11-6-2-1-3-7-11/h1-3,6-7H,4-5,8-10,15H2. The van der Waals surface area contributed by atoms with E-state index in [1.807, 2.05) is 30.3 Å². The average molecular weight is 243 g/mol. The fraction of sp³-hybridized carbons (Fsp3) is 0.357. The van der Waals surface area contributed by atoms with E-state index in [-0.39, 0.29) is 0 Å². The van der Waals surface area contributed by atoms with Crippen LogP contribution < -0.4 is 10.6 Å². The van der Waals surface area contributed by atoms with E-state index in [1.165, 1.54) is 23.3 Å². The van der Waals surface area contributed by atoms with Crippen LogP contribution in [-0.2, 0) is 19.4 Å². The number of anilines is 1. The van der Waals surface area contributed by atoms with Crippen molar-refractivity contribution in [2.75, 3.05) is 5.73 Å². The number of aromatic nitrogens is 2. The van der Waals surface area contributed by atoms with Crippen LogP contribution in [-0.4, -0.2) is 9.94 Å². The van der Waals surface area contributed by atoms with Gasteiger partial charge in [0, 0.05) is 5.56 Å². The highest BCUT2D eigenvalue weighted by Crippen LogP contribution is 2.25. The summed E-state index contributed by atoms with van der Waals surface area (Å²) in [5.74, 6) is 0.667. The summed E-state index contributed by atoms with van der Waals surface area (Å²) in [7, 11) is 0. The molecule has 0 spiro atoms. The fourth-order valence-corrected chi connectivity index (χ4v) is 2.36. The first-order valence-electron chi connectivity index (χ1n) is 6.38. The quantitative estimate of drug-likeness (QED) is 0.896. The van der Waals surface area contributed by atoms with Crippen LogP contribution >= 0.6 is 0 Å². The first-order valence-corrected chi connectivity index (χ1v) is 6.38. The summed E-state index contributed by atoms with van der Waals surface area (Å²) >= 11 is 0. The van der Waals surface area contributed by atoms with Crippen molar-refractivity contribution < 1.29 is 4.84 Å². The van der Waals surface area contributed by atoms with Crippen LogP contribution in [0.3, 0.4) is 0 Å². The Balaban J connectivity index is 1.75. The number of nitrogen functional groups attached to an aromatic ring is 1. The summed E-state index contributed by atoms with van der Waals surface area (Å²) < 4.78 is 0. The van der Waals surface area contributed by atoms with Gasteiger partial charge in [0.2, 0.25) is 0 Å². The van der Waals surface area contributed by atoms with Crippen molar-refractivity contribution in [2.45, 2.75) is 32.3 Å². The van der Waals surface area contributed by atoms with E-state index in [9.17, 15) is 0 Å². The van der Waals surface area contributed by atoms with E-state index in [0.29, 0.717) is 12.4 Å². The van der Waals surface area contributed by atoms with Gasteiger partial charge in [-0.15, -0.1) is 5.10 Å². The van der Waals surface area contributed by atoms with Gasteiger partial charge in [-0.2, -0.15) is 0 Å². The molecule has 3 rings (SSSR count). The lowest BCUT2D eigenvalue weighted by molar-refractivity contribution is 0.0740. The predicted molar refractivity (Wildman–Crippen MR) is 70.0 cm³/mol. The Bertz CT molecular complexity index is 533. The Morgan fingerprint density at radius 2 is 1.94 bits per heavy atom. The molecule has 4 nitrogen and oxygen atoms in total. The molecule has 0 bridgehead atoms. The number of nitrogens with zero attached hydrogens (tertiary/aromatic N) is 2. The molecule has 1 aliphatic rings. The van der Waals surface area contributed by atoms with E-state index in [0.717, 1.165) is 24.1 Å². The van der Waals surface area contributed by atoms with Crippen molar-refractivity contribution in [3.05, 3.63) is 47.2 Å². The summed E-state index contributed by atoms with van der Waals surface area (Å²) in [5.41, 5.74) is 9.46. The van der Waals surface area contributed by atoms with Crippen LogP contribution in [0.25, 0.3) is 0 Å². The number of nitrogens with two attached hydrogens (primary N) is 1. The summed E-state index contributed by atoms with van der Waals surface area (Å²) in [5, 5.41) is 4.43. The minimum Gasteiger partial charge on any atom is -0.390 e. The van der Waals surface area contributed by atoms with Gasteiger partial charge in [0.1, 0.15) is 6.61 Å². The van der Waals surface area contributed by atoms with Gasteiger partial charge in [0.05, 0.1) is 5.69 Å². The lowest BCUT2D eigenvalue weighted by Crippen LogP contribution is -2.15. The van der Waals surface area contributed by atoms with Crippen LogP contribution in [0, 0.1) is 0 Å². The molecule has 0 amide bonds. The normalized spacial score (nSPS) is 14.2. The van der Waals surface area contributed by atoms with Crippen molar-refractivity contribution in [1.82, 2.24) is 9.94 Å². The minimum absolute atomic E-state index is 0.492. The van der Waals surface area contributed by atoms with E-state index in [2.05, 4.69) is 5.10 Å². The summed E-state index contributed by atoms with van der Waals surface area (Å²) in [6, 6.07) is 10.0. The molecule has 94 valence electrons. The molecule has 2 aromatic rings. The lowest BCUT2D eigenvalue weighted by atomic mass is 9.98. The highest BCUT2D eigenvalue weighted by molar-refractivity contribution is 5.44. The molecule has 1 aromatic heterocycles. The number of benzene rings is 1. The Labute approximate surface area is 106 Å². The molecule has 4 heteroatoms. The molecule has 2 N–H and O–H groups in total. The van der Waals surface area contributed by atoms with E-state index < -0.39 is 0 Å². The number of hydrogen-bond acceptors (Lipinski definition) is 3. The molecule has 0 saturated heterocycles. The number of fused-ring (bicyclic) bond motifs is 1. The van der Waals surface area contributed by atoms with Gasteiger partial charge in [0.15, 0.2) is 5.82 Å². The molecule has 0 saturated carbocycles. The summed E-state index contributed by atoms with van der Waals surface area (Å²) in [6.45, 7) is 0.492. The smallest absolute Gasteiger partial charge is 0.166 e. The third-order valence-corrected chi connectivity index (χ3v) is 3.36. The highest BCUT2D eigenvalue weighted by Gasteiger charge is 2.19. The van der Waals surface area contributed by atoms with Gasteiger partial charge in [0.25, 0.3) is 0 Å². The third kappa shape index (κ3) is 2.06. The van der Waals surface area contributed by atoms with E-state index in [1.54, 1.807) is 0 Å². The molecule has 1 heterocycles. The molecule has 0 unspecified atom stereocenters. The zero-order valence-electron chi connectivity index (χ0n) is 10.3. The maximum absolute atomic E-state index is 6.06. The molecular formula is C14H17N3O. The topological polar surface area (TPSA) is 53.1 Å². The zero-order valence-corrected chi connectivity index (χ0v) is 10.3. The largest absolute Gasteiger partial charge is 0.390 e. The molecule has 1 aliphatic carbocycles. The number of hydrogen-bond donors (Lipinski definition) is 1. The van der Waals surface area contributed by atoms with Crippen molar-refractivity contribution in [3.63, 3.8) is 0 Å². The van der Waals surface area contributed by atoms with Crippen LogP contribution in [0.15, 0.2) is 30.3 Å². The van der Waals surface area contributed by atoms with Gasteiger partial charge < -0.3 is 10.6 Å². The second-order valence-electron chi connectivity index (χ2n) is 4.65. The van der Waals surface area contributed by atoms with Gasteiger partial charge in [-0.3, -0.25) is 0 Å². The summed E-state index contributed by atoms with van der Waals surface area (Å²) in [6.07, 6.45) is 4.43. The van der Waals surface area contributed by atoms with Gasteiger partial charge in [-0.1, -0.05) is 35.2 Å². The second kappa shape index (κ2) is 4.72. The molecule has 18 heavy (non-hydrogen) atoms. The highest BCUT2D eigenvalue weighted by atomic mass is 16.7. The van der Waals surface area contributed by atoms with E-state index in [4.69, 9.17) is 10.6 Å². The molecule has 0 atom stereocenters. The Kier molecular flexibility index (Phi) is 2.92. The first kappa shape index (κ1) is 11.1. The molecule has 0 fully saturated rings. The summed E-state index contributed by atoms with van der Waals surface area (Å²) in [4.78, 5) is 7.15. The predicted octanol–water partition coefficient (Wildman–Crippen LogP) is 1.97. The van der Waals surface area contributed by atoms with Crippen molar-refractivity contribution in [1.29, 1.82) is 0 Å². The zero-order chi connectivity index (χ0) is 12.4. The SMILES string of the molecule is Nc1c2c(nn1OCc1ccccc1)CCCC2.